The zero-order valence-electron chi connectivity index (χ0n) is 20.4. The number of carbonyl (C=O) groups is 2. The maximum atomic E-state index is 13.5. The van der Waals surface area contributed by atoms with Crippen LogP contribution < -0.4 is 4.74 Å². The Morgan fingerprint density at radius 3 is 2.56 bits per heavy atom. The number of amides is 2. The van der Waals surface area contributed by atoms with Gasteiger partial charge in [0.05, 0.1) is 25.7 Å². The van der Waals surface area contributed by atoms with E-state index in [1.54, 1.807) is 53.1 Å². The number of likely N-dealkylation sites (N-methyl/N-ethyl adjacent to an activating group) is 2. The number of fused-ring (bicyclic) bond motifs is 1. The Hall–Kier alpha value is -3.04. The molecule has 9 heteroatoms. The molecule has 1 aliphatic rings. The topological polar surface area (TPSA) is 86.2 Å². The first kappa shape index (κ1) is 25.6. The summed E-state index contributed by atoms with van der Waals surface area (Å²) < 4.78 is 19.6. The van der Waals surface area contributed by atoms with Gasteiger partial charge in [-0.3, -0.25) is 9.59 Å². The number of halogens is 1. The molecule has 1 N–H and O–H groups in total. The van der Waals surface area contributed by atoms with Gasteiger partial charge >= 0.3 is 0 Å². The van der Waals surface area contributed by atoms with E-state index in [0.29, 0.717) is 24.2 Å². The van der Waals surface area contributed by atoms with Crippen LogP contribution in [0.1, 0.15) is 24.2 Å². The second-order valence-electron chi connectivity index (χ2n) is 9.22. The zero-order valence-corrected chi connectivity index (χ0v) is 20.4. The molecule has 2 amide bonds. The Bertz CT molecular complexity index is 1010. The van der Waals surface area contributed by atoms with Gasteiger partial charge < -0.3 is 24.5 Å². The van der Waals surface area contributed by atoms with Gasteiger partial charge in [0.25, 0.3) is 5.91 Å². The van der Waals surface area contributed by atoms with E-state index in [2.05, 4.69) is 4.98 Å². The van der Waals surface area contributed by atoms with Gasteiger partial charge in [0.2, 0.25) is 11.8 Å². The summed E-state index contributed by atoms with van der Waals surface area (Å²) in [5.74, 6) is -0.639. The van der Waals surface area contributed by atoms with Gasteiger partial charge in [0.15, 0.2) is 0 Å². The summed E-state index contributed by atoms with van der Waals surface area (Å²) in [4.78, 5) is 35.5. The molecule has 0 spiro atoms. The predicted octanol–water partition coefficient (Wildman–Crippen LogP) is 2.13. The summed E-state index contributed by atoms with van der Waals surface area (Å²) in [6.45, 7) is 4.50. The van der Waals surface area contributed by atoms with E-state index in [1.165, 1.54) is 12.1 Å². The van der Waals surface area contributed by atoms with E-state index in [4.69, 9.17) is 4.74 Å². The number of aromatic nitrogens is 1. The standard InChI is InChI=1S/C25H33FN4O4/c1-16-12-30(17(2)15-31)25(33)21-10-19(18-6-8-20(26)9-7-18)11-27-24(21)34-22(16)13-29(5)23(32)14-28(3)4/h6-11,16-17,22,31H,12-15H2,1-5H3/t16-,17+,22+/m0/s1. The van der Waals surface area contributed by atoms with Crippen LogP contribution >= 0.6 is 0 Å². The van der Waals surface area contributed by atoms with Crippen molar-refractivity contribution in [1.82, 2.24) is 19.7 Å². The maximum absolute atomic E-state index is 13.5. The highest BCUT2D eigenvalue weighted by atomic mass is 19.1. The van der Waals surface area contributed by atoms with Crippen LogP contribution in [0.3, 0.4) is 0 Å². The Kier molecular flexibility index (Phi) is 8.22. The summed E-state index contributed by atoms with van der Waals surface area (Å²) in [7, 11) is 5.39. The number of hydrogen-bond donors (Lipinski definition) is 1. The molecule has 2 heterocycles. The van der Waals surface area contributed by atoms with Crippen molar-refractivity contribution in [2.45, 2.75) is 26.0 Å². The van der Waals surface area contributed by atoms with Gasteiger partial charge in [-0.15, -0.1) is 0 Å². The summed E-state index contributed by atoms with van der Waals surface area (Å²) in [5.41, 5.74) is 1.63. The van der Waals surface area contributed by atoms with Crippen LogP contribution in [0.2, 0.25) is 0 Å². The second-order valence-corrected chi connectivity index (χ2v) is 9.22. The number of rotatable bonds is 7. The fraction of sp³-hybridized carbons (Fsp3) is 0.480. The van der Waals surface area contributed by atoms with Crippen LogP contribution in [0.4, 0.5) is 4.39 Å². The quantitative estimate of drug-likeness (QED) is 0.665. The van der Waals surface area contributed by atoms with Gasteiger partial charge in [-0.05, 0) is 44.8 Å². The first-order valence-electron chi connectivity index (χ1n) is 11.3. The minimum atomic E-state index is -0.416. The predicted molar refractivity (Wildman–Crippen MR) is 127 cm³/mol. The van der Waals surface area contributed by atoms with Crippen molar-refractivity contribution in [3.05, 3.63) is 47.9 Å². The lowest BCUT2D eigenvalue weighted by molar-refractivity contribution is -0.132. The first-order chi connectivity index (χ1) is 16.1. The van der Waals surface area contributed by atoms with Crippen molar-refractivity contribution in [2.24, 2.45) is 5.92 Å². The highest BCUT2D eigenvalue weighted by Crippen LogP contribution is 2.30. The minimum absolute atomic E-state index is 0.0423. The van der Waals surface area contributed by atoms with Crippen LogP contribution in [0.25, 0.3) is 11.1 Å². The monoisotopic (exact) mass is 472 g/mol. The molecule has 3 rings (SSSR count). The third-order valence-corrected chi connectivity index (χ3v) is 6.03. The van der Waals surface area contributed by atoms with Crippen molar-refractivity contribution in [3.8, 4) is 17.0 Å². The number of aliphatic hydroxyl groups excluding tert-OH is 1. The van der Waals surface area contributed by atoms with Crippen LogP contribution in [0.5, 0.6) is 5.88 Å². The molecule has 1 aromatic heterocycles. The summed E-state index contributed by atoms with van der Waals surface area (Å²) in [5, 5.41) is 9.79. The second kappa shape index (κ2) is 10.9. The molecule has 0 radical (unpaired) electrons. The van der Waals surface area contributed by atoms with Gasteiger partial charge in [-0.2, -0.15) is 0 Å². The first-order valence-corrected chi connectivity index (χ1v) is 11.3. The zero-order chi connectivity index (χ0) is 25.0. The molecule has 1 aromatic carbocycles. The van der Waals surface area contributed by atoms with Crippen molar-refractivity contribution in [1.29, 1.82) is 0 Å². The summed E-state index contributed by atoms with van der Waals surface area (Å²) >= 11 is 0. The Morgan fingerprint density at radius 1 is 1.26 bits per heavy atom. The molecule has 8 nitrogen and oxygen atoms in total. The lowest BCUT2D eigenvalue weighted by Gasteiger charge is -2.37. The molecule has 2 aromatic rings. The summed E-state index contributed by atoms with van der Waals surface area (Å²) in [6, 6.07) is 7.22. The number of pyridine rings is 1. The number of nitrogens with zero attached hydrogens (tertiary/aromatic N) is 4. The number of carbonyl (C=O) groups excluding carboxylic acids is 2. The molecule has 3 atom stereocenters. The van der Waals surface area contributed by atoms with Gasteiger partial charge in [0.1, 0.15) is 17.5 Å². The lowest BCUT2D eigenvalue weighted by atomic mass is 9.99. The van der Waals surface area contributed by atoms with E-state index in [1.807, 2.05) is 21.0 Å². The van der Waals surface area contributed by atoms with E-state index in [9.17, 15) is 19.1 Å². The van der Waals surface area contributed by atoms with Gasteiger partial charge in [-0.1, -0.05) is 19.1 Å². The van der Waals surface area contributed by atoms with Crippen LogP contribution in [-0.2, 0) is 4.79 Å². The molecule has 0 aliphatic carbocycles. The third-order valence-electron chi connectivity index (χ3n) is 6.03. The third kappa shape index (κ3) is 5.90. The van der Waals surface area contributed by atoms with E-state index in [-0.39, 0.29) is 48.1 Å². The van der Waals surface area contributed by atoms with Crippen molar-refractivity contribution >= 4 is 11.8 Å². The molecule has 0 saturated heterocycles. The van der Waals surface area contributed by atoms with Crippen molar-refractivity contribution in [3.63, 3.8) is 0 Å². The fourth-order valence-corrected chi connectivity index (χ4v) is 3.88. The highest BCUT2D eigenvalue weighted by molar-refractivity contribution is 5.98. The smallest absolute Gasteiger partial charge is 0.259 e. The minimum Gasteiger partial charge on any atom is -0.472 e. The SMILES string of the molecule is C[C@H](CO)N1C[C@H](C)[C@@H](CN(C)C(=O)CN(C)C)Oc2ncc(-c3ccc(F)cc3)cc2C1=O. The van der Waals surface area contributed by atoms with E-state index >= 15 is 0 Å². The molecule has 0 saturated carbocycles. The van der Waals surface area contributed by atoms with Crippen molar-refractivity contribution in [2.75, 3.05) is 47.4 Å². The molecule has 0 fully saturated rings. The molecular weight excluding hydrogens is 439 g/mol. The van der Waals surface area contributed by atoms with Gasteiger partial charge in [0, 0.05) is 31.3 Å². The molecule has 0 unspecified atom stereocenters. The number of hydrogen-bond acceptors (Lipinski definition) is 6. The number of ether oxygens (including phenoxy) is 1. The Morgan fingerprint density at radius 2 is 1.94 bits per heavy atom. The number of aliphatic hydroxyl groups is 1. The Labute approximate surface area is 199 Å². The molecule has 34 heavy (non-hydrogen) atoms. The van der Waals surface area contributed by atoms with Crippen LogP contribution in [-0.4, -0.2) is 96.1 Å². The normalized spacial score (nSPS) is 19.2. The summed E-state index contributed by atoms with van der Waals surface area (Å²) in [6.07, 6.45) is 1.17. The Balaban J connectivity index is 1.98. The molecular formula is C25H33FN4O4. The van der Waals surface area contributed by atoms with Gasteiger partial charge in [-0.25, -0.2) is 9.37 Å². The lowest BCUT2D eigenvalue weighted by Crippen LogP contribution is -2.51. The maximum Gasteiger partial charge on any atom is 0.259 e. The largest absolute Gasteiger partial charge is 0.472 e. The average molecular weight is 473 g/mol. The van der Waals surface area contributed by atoms with Crippen molar-refractivity contribution < 1.29 is 23.8 Å². The molecule has 1 aliphatic heterocycles. The molecule has 184 valence electrons. The van der Waals surface area contributed by atoms with Crippen LogP contribution in [0.15, 0.2) is 36.5 Å². The van der Waals surface area contributed by atoms with Crippen LogP contribution in [0, 0.1) is 11.7 Å². The fourth-order valence-electron chi connectivity index (χ4n) is 3.88. The van der Waals surface area contributed by atoms with E-state index < -0.39 is 12.1 Å². The molecule has 0 bridgehead atoms. The highest BCUT2D eigenvalue weighted by Gasteiger charge is 2.34. The van der Waals surface area contributed by atoms with E-state index in [0.717, 1.165) is 0 Å². The average Bonchev–Trinajstić information content (AvgIpc) is 2.80. The number of benzene rings is 1.